The first-order chi connectivity index (χ1) is 11.6. The molecule has 1 aromatic carbocycles. The van der Waals surface area contributed by atoms with Crippen LogP contribution in [0.2, 0.25) is 5.02 Å². The summed E-state index contributed by atoms with van der Waals surface area (Å²) in [6.07, 6.45) is 7.48. The first-order valence-electron chi connectivity index (χ1n) is 9.37. The Hall–Kier alpha value is -0.770. The maximum atomic E-state index is 13.4. The molecule has 0 aromatic heterocycles. The van der Waals surface area contributed by atoms with Gasteiger partial charge in [-0.2, -0.15) is 0 Å². The first-order valence-corrected chi connectivity index (χ1v) is 9.75. The van der Waals surface area contributed by atoms with Crippen LogP contribution in [-0.2, 0) is 11.2 Å². The Morgan fingerprint density at radius 3 is 2.68 bits per heavy atom. The van der Waals surface area contributed by atoms with E-state index in [0.717, 1.165) is 56.6 Å². The molecule has 3 nitrogen and oxygen atoms in total. The first kappa shape index (κ1) is 19.0. The number of rotatable bonds is 3. The highest BCUT2D eigenvalue weighted by Gasteiger charge is 2.49. The SMILES string of the molecule is Cl.NC1CCC2CN(C(=O)C3(Cc4cccc(Cl)c4)CCCC3)CC12. The fourth-order valence-corrected chi connectivity index (χ4v) is 5.58. The van der Waals surface area contributed by atoms with Gasteiger partial charge in [0.05, 0.1) is 5.41 Å². The van der Waals surface area contributed by atoms with Crippen LogP contribution in [0, 0.1) is 17.3 Å². The second-order valence-electron chi connectivity index (χ2n) is 8.17. The minimum absolute atomic E-state index is 0. The number of benzene rings is 1. The lowest BCUT2D eigenvalue weighted by Gasteiger charge is -2.33. The third kappa shape index (κ3) is 3.56. The molecule has 1 saturated heterocycles. The third-order valence-corrected chi connectivity index (χ3v) is 6.88. The van der Waals surface area contributed by atoms with Crippen molar-refractivity contribution >= 4 is 29.9 Å². The fourth-order valence-electron chi connectivity index (χ4n) is 5.36. The van der Waals surface area contributed by atoms with Crippen LogP contribution in [0.4, 0.5) is 0 Å². The van der Waals surface area contributed by atoms with Crippen molar-refractivity contribution in [1.29, 1.82) is 0 Å². The normalized spacial score (nSPS) is 30.2. The van der Waals surface area contributed by atoms with E-state index in [1.807, 2.05) is 18.2 Å². The lowest BCUT2D eigenvalue weighted by Crippen LogP contribution is -2.44. The molecule has 3 fully saturated rings. The van der Waals surface area contributed by atoms with Gasteiger partial charge in [-0.05, 0) is 61.6 Å². The summed E-state index contributed by atoms with van der Waals surface area (Å²) in [6, 6.07) is 8.30. The number of fused-ring (bicyclic) bond motifs is 1. The van der Waals surface area contributed by atoms with Crippen LogP contribution in [0.3, 0.4) is 0 Å². The zero-order valence-electron chi connectivity index (χ0n) is 14.6. The molecule has 3 aliphatic rings. The number of nitrogens with zero attached hydrogens (tertiary/aromatic N) is 1. The van der Waals surface area contributed by atoms with Crippen LogP contribution in [0.1, 0.15) is 44.1 Å². The van der Waals surface area contributed by atoms with E-state index in [4.69, 9.17) is 17.3 Å². The Morgan fingerprint density at radius 2 is 2.00 bits per heavy atom. The Labute approximate surface area is 161 Å². The Balaban J connectivity index is 0.00000182. The predicted octanol–water partition coefficient (Wildman–Crippen LogP) is 4.06. The summed E-state index contributed by atoms with van der Waals surface area (Å²) in [7, 11) is 0. The number of amides is 1. The quantitative estimate of drug-likeness (QED) is 0.856. The summed E-state index contributed by atoms with van der Waals surface area (Å²) in [5, 5.41) is 0.759. The van der Waals surface area contributed by atoms with E-state index < -0.39 is 0 Å². The predicted molar refractivity (Wildman–Crippen MR) is 104 cm³/mol. The molecule has 0 radical (unpaired) electrons. The maximum Gasteiger partial charge on any atom is 0.229 e. The number of halogens is 2. The highest BCUT2D eigenvalue weighted by atomic mass is 35.5. The van der Waals surface area contributed by atoms with E-state index >= 15 is 0 Å². The second-order valence-corrected chi connectivity index (χ2v) is 8.61. The number of likely N-dealkylation sites (tertiary alicyclic amines) is 1. The molecule has 4 rings (SSSR count). The molecule has 25 heavy (non-hydrogen) atoms. The molecule has 2 saturated carbocycles. The van der Waals surface area contributed by atoms with Crippen molar-refractivity contribution in [3.8, 4) is 0 Å². The van der Waals surface area contributed by atoms with Gasteiger partial charge in [0, 0.05) is 24.2 Å². The molecular formula is C20H28Cl2N2O. The summed E-state index contributed by atoms with van der Waals surface area (Å²) >= 11 is 6.15. The largest absolute Gasteiger partial charge is 0.342 e. The van der Waals surface area contributed by atoms with Gasteiger partial charge in [0.25, 0.3) is 0 Å². The van der Waals surface area contributed by atoms with Gasteiger partial charge in [-0.1, -0.05) is 36.6 Å². The molecule has 2 aliphatic carbocycles. The second kappa shape index (κ2) is 7.46. The lowest BCUT2D eigenvalue weighted by atomic mass is 9.78. The molecule has 0 spiro atoms. The van der Waals surface area contributed by atoms with Crippen molar-refractivity contribution in [3.63, 3.8) is 0 Å². The molecule has 1 aliphatic heterocycles. The van der Waals surface area contributed by atoms with Crippen LogP contribution in [0.15, 0.2) is 24.3 Å². The molecule has 0 bridgehead atoms. The van der Waals surface area contributed by atoms with E-state index in [1.54, 1.807) is 0 Å². The number of carbonyl (C=O) groups is 1. The van der Waals surface area contributed by atoms with Crippen molar-refractivity contribution in [1.82, 2.24) is 4.90 Å². The topological polar surface area (TPSA) is 46.3 Å². The van der Waals surface area contributed by atoms with Gasteiger partial charge < -0.3 is 10.6 Å². The highest BCUT2D eigenvalue weighted by Crippen LogP contribution is 2.45. The van der Waals surface area contributed by atoms with Crippen LogP contribution in [0.5, 0.6) is 0 Å². The van der Waals surface area contributed by atoms with Gasteiger partial charge in [-0.25, -0.2) is 0 Å². The molecule has 2 N–H and O–H groups in total. The molecule has 138 valence electrons. The van der Waals surface area contributed by atoms with Crippen LogP contribution in [-0.4, -0.2) is 29.9 Å². The molecule has 1 aromatic rings. The molecule has 1 heterocycles. The minimum atomic E-state index is -0.215. The molecule has 1 amide bonds. The van der Waals surface area contributed by atoms with E-state index in [9.17, 15) is 4.79 Å². The summed E-state index contributed by atoms with van der Waals surface area (Å²) in [4.78, 5) is 15.6. The zero-order valence-corrected chi connectivity index (χ0v) is 16.2. The van der Waals surface area contributed by atoms with Crippen molar-refractivity contribution < 1.29 is 4.79 Å². The smallest absolute Gasteiger partial charge is 0.229 e. The standard InChI is InChI=1S/C20H27ClN2O.ClH/c21-16-5-3-4-14(10-16)11-20(8-1-2-9-20)19(24)23-12-15-6-7-18(22)17(15)13-23;/h3-5,10,15,17-18H,1-2,6-9,11-13,22H2;1H. The van der Waals surface area contributed by atoms with E-state index in [2.05, 4.69) is 11.0 Å². The van der Waals surface area contributed by atoms with E-state index in [-0.39, 0.29) is 17.8 Å². The van der Waals surface area contributed by atoms with Crippen LogP contribution >= 0.6 is 24.0 Å². The van der Waals surface area contributed by atoms with Crippen molar-refractivity contribution in [2.75, 3.05) is 13.1 Å². The average molecular weight is 383 g/mol. The van der Waals surface area contributed by atoms with Crippen molar-refractivity contribution in [3.05, 3.63) is 34.9 Å². The van der Waals surface area contributed by atoms with Gasteiger partial charge in [-0.3, -0.25) is 4.79 Å². The van der Waals surface area contributed by atoms with Gasteiger partial charge in [0.2, 0.25) is 5.91 Å². The maximum absolute atomic E-state index is 13.4. The van der Waals surface area contributed by atoms with Gasteiger partial charge >= 0.3 is 0 Å². The summed E-state index contributed by atoms with van der Waals surface area (Å²) < 4.78 is 0. The van der Waals surface area contributed by atoms with Crippen LogP contribution in [0.25, 0.3) is 0 Å². The third-order valence-electron chi connectivity index (χ3n) is 6.65. The number of hydrogen-bond donors (Lipinski definition) is 1. The lowest BCUT2D eigenvalue weighted by molar-refractivity contribution is -0.141. The monoisotopic (exact) mass is 382 g/mol. The van der Waals surface area contributed by atoms with Gasteiger partial charge in [0.15, 0.2) is 0 Å². The minimum Gasteiger partial charge on any atom is -0.342 e. The van der Waals surface area contributed by atoms with Crippen molar-refractivity contribution in [2.45, 2.75) is 51.0 Å². The van der Waals surface area contributed by atoms with Crippen LogP contribution < -0.4 is 5.73 Å². The number of hydrogen-bond acceptors (Lipinski definition) is 2. The van der Waals surface area contributed by atoms with Gasteiger partial charge in [-0.15, -0.1) is 12.4 Å². The summed E-state index contributed by atoms with van der Waals surface area (Å²) in [5.74, 6) is 1.54. The fraction of sp³-hybridized carbons (Fsp3) is 0.650. The number of nitrogens with two attached hydrogens (primary N) is 1. The average Bonchev–Trinajstić information content (AvgIpc) is 3.25. The molecule has 3 atom stereocenters. The van der Waals surface area contributed by atoms with E-state index in [1.165, 1.54) is 12.0 Å². The Bertz CT molecular complexity index is 630. The molecule has 5 heteroatoms. The highest BCUT2D eigenvalue weighted by molar-refractivity contribution is 6.30. The zero-order chi connectivity index (χ0) is 16.7. The van der Waals surface area contributed by atoms with Gasteiger partial charge in [0.1, 0.15) is 0 Å². The molecule has 3 unspecified atom stereocenters. The number of carbonyl (C=O) groups excluding carboxylic acids is 1. The van der Waals surface area contributed by atoms with Crippen molar-refractivity contribution in [2.24, 2.45) is 23.0 Å². The molecular weight excluding hydrogens is 355 g/mol. The summed E-state index contributed by atoms with van der Waals surface area (Å²) in [5.41, 5.74) is 7.23. The Kier molecular flexibility index (Phi) is 5.67. The Morgan fingerprint density at radius 1 is 1.24 bits per heavy atom. The summed E-state index contributed by atoms with van der Waals surface area (Å²) in [6.45, 7) is 1.80. The van der Waals surface area contributed by atoms with E-state index in [0.29, 0.717) is 23.8 Å².